The van der Waals surface area contributed by atoms with Gasteiger partial charge in [0.05, 0.1) is 17.1 Å². The molecule has 0 spiro atoms. The molecule has 0 amide bonds. The average Bonchev–Trinajstić information content (AvgIpc) is 2.49. The van der Waals surface area contributed by atoms with Crippen molar-refractivity contribution in [3.05, 3.63) is 39.9 Å². The van der Waals surface area contributed by atoms with Crippen molar-refractivity contribution in [2.24, 2.45) is 0 Å². The van der Waals surface area contributed by atoms with Crippen molar-refractivity contribution in [1.29, 1.82) is 0 Å². The van der Waals surface area contributed by atoms with Gasteiger partial charge in [-0.15, -0.1) is 0 Å². The first-order chi connectivity index (χ1) is 10.2. The minimum Gasteiger partial charge on any atom is -0.394 e. The van der Waals surface area contributed by atoms with Crippen LogP contribution >= 0.6 is 0 Å². The Labute approximate surface area is 123 Å². The molecule has 1 saturated heterocycles. The number of nitro benzene ring substituents is 1. The van der Waals surface area contributed by atoms with Crippen LogP contribution in [0.25, 0.3) is 0 Å². The van der Waals surface area contributed by atoms with Gasteiger partial charge in [-0.1, -0.05) is 12.1 Å². The van der Waals surface area contributed by atoms with Gasteiger partial charge in [0.15, 0.2) is 0 Å². The largest absolute Gasteiger partial charge is 0.394 e. The van der Waals surface area contributed by atoms with Crippen molar-refractivity contribution in [1.82, 2.24) is 0 Å². The van der Waals surface area contributed by atoms with E-state index >= 15 is 0 Å². The van der Waals surface area contributed by atoms with E-state index in [-0.39, 0.29) is 0 Å². The van der Waals surface area contributed by atoms with Gasteiger partial charge in [-0.2, -0.15) is 0 Å². The summed E-state index contributed by atoms with van der Waals surface area (Å²) in [6.45, 7) is -0.881. The zero-order valence-corrected chi connectivity index (χ0v) is 11.1. The molecule has 1 heterocycles. The summed E-state index contributed by atoms with van der Waals surface area (Å²) in [5.74, 6) is -3.48. The molecule has 0 bridgehead atoms. The van der Waals surface area contributed by atoms with Crippen LogP contribution in [-0.2, 0) is 10.3 Å². The smallest absolute Gasteiger partial charge is 0.316 e. The van der Waals surface area contributed by atoms with Crippen LogP contribution in [0.1, 0.15) is 5.56 Å². The van der Waals surface area contributed by atoms with E-state index in [1.165, 1.54) is 12.1 Å². The Balaban J connectivity index is 2.63. The molecule has 1 aromatic rings. The van der Waals surface area contributed by atoms with E-state index in [0.29, 0.717) is 0 Å². The van der Waals surface area contributed by atoms with Crippen LogP contribution in [0.3, 0.4) is 0 Å². The number of benzene rings is 1. The number of rotatable bonds is 3. The van der Waals surface area contributed by atoms with E-state index in [4.69, 9.17) is 5.11 Å². The fraction of sp³-hybridized carbons (Fsp3) is 0.500. The normalized spacial score (nSPS) is 34.4. The number of hydrogen-bond donors (Lipinski definition) is 6. The van der Waals surface area contributed by atoms with E-state index in [1.54, 1.807) is 0 Å². The number of nitro groups is 1. The first kappa shape index (κ1) is 16.7. The van der Waals surface area contributed by atoms with Gasteiger partial charge in [-0.3, -0.25) is 10.1 Å². The SMILES string of the molecule is O=[N+]([O-])c1ccccc1[C@@]1(O)[C@@H](O)[C@@H](O)[C@@H](CO)OC1(O)O. The number of para-hydroxylation sites is 1. The monoisotopic (exact) mass is 317 g/mol. The number of hydrogen-bond acceptors (Lipinski definition) is 9. The Kier molecular flexibility index (Phi) is 4.19. The summed E-state index contributed by atoms with van der Waals surface area (Å²) in [6.07, 6.45) is -5.79. The summed E-state index contributed by atoms with van der Waals surface area (Å²) in [7, 11) is 0. The van der Waals surface area contributed by atoms with Crippen molar-refractivity contribution < 1.29 is 40.3 Å². The molecule has 1 aliphatic rings. The Morgan fingerprint density at radius 2 is 1.82 bits per heavy atom. The summed E-state index contributed by atoms with van der Waals surface area (Å²) in [5, 5.41) is 70.3. The van der Waals surface area contributed by atoms with E-state index in [9.17, 15) is 35.6 Å². The molecule has 0 saturated carbocycles. The highest BCUT2D eigenvalue weighted by Gasteiger charge is 2.66. The van der Waals surface area contributed by atoms with Crippen LogP contribution in [-0.4, -0.2) is 66.5 Å². The second-order valence-electron chi connectivity index (χ2n) is 4.92. The van der Waals surface area contributed by atoms with E-state index in [2.05, 4.69) is 4.74 Å². The molecule has 1 fully saturated rings. The predicted molar refractivity (Wildman–Crippen MR) is 68.1 cm³/mol. The number of aliphatic hydroxyl groups excluding tert-OH is 3. The molecule has 2 rings (SSSR count). The highest BCUT2D eigenvalue weighted by Crippen LogP contribution is 2.45. The van der Waals surface area contributed by atoms with Gasteiger partial charge in [0.1, 0.15) is 18.3 Å². The van der Waals surface area contributed by atoms with Crippen molar-refractivity contribution >= 4 is 5.69 Å². The molecule has 22 heavy (non-hydrogen) atoms. The summed E-state index contributed by atoms with van der Waals surface area (Å²) < 4.78 is 4.59. The second-order valence-corrected chi connectivity index (χ2v) is 4.92. The lowest BCUT2D eigenvalue weighted by atomic mass is 9.78. The third kappa shape index (κ3) is 2.27. The maximum Gasteiger partial charge on any atom is 0.316 e. The molecule has 10 nitrogen and oxygen atoms in total. The van der Waals surface area contributed by atoms with Gasteiger partial charge in [-0.25, -0.2) is 0 Å². The molecule has 122 valence electrons. The van der Waals surface area contributed by atoms with Crippen LogP contribution in [0, 0.1) is 10.1 Å². The summed E-state index contributed by atoms with van der Waals surface area (Å²) in [4.78, 5) is 10.1. The maximum absolute atomic E-state index is 11.0. The van der Waals surface area contributed by atoms with Crippen LogP contribution in [0.5, 0.6) is 0 Å². The Morgan fingerprint density at radius 1 is 1.23 bits per heavy atom. The van der Waals surface area contributed by atoms with Gasteiger partial charge >= 0.3 is 5.97 Å². The quantitative estimate of drug-likeness (QED) is 0.200. The predicted octanol–water partition coefficient (Wildman–Crippen LogP) is -2.47. The standard InChI is InChI=1S/C12H15NO9/c14-5-8-9(15)10(16)11(17,12(18,19)22-8)6-3-1-2-4-7(6)13(20)21/h1-4,8-10,14-19H,5H2/t8-,9+,10+,11-/m1/s1. The maximum atomic E-state index is 11.0. The minimum atomic E-state index is -3.48. The molecule has 0 radical (unpaired) electrons. The van der Waals surface area contributed by atoms with Crippen LogP contribution in [0.15, 0.2) is 24.3 Å². The highest BCUT2D eigenvalue weighted by molar-refractivity contribution is 5.46. The Bertz CT molecular complexity index is 577. The fourth-order valence-electron chi connectivity index (χ4n) is 2.45. The Hall–Kier alpha value is -1.66. The third-order valence-corrected chi connectivity index (χ3v) is 3.64. The highest BCUT2D eigenvalue weighted by atomic mass is 16.8. The van der Waals surface area contributed by atoms with Crippen molar-refractivity contribution in [2.75, 3.05) is 6.61 Å². The Morgan fingerprint density at radius 3 is 2.36 bits per heavy atom. The molecular formula is C12H15NO9. The summed E-state index contributed by atoms with van der Waals surface area (Å²) in [6, 6.07) is 4.48. The molecule has 1 aromatic carbocycles. The van der Waals surface area contributed by atoms with Crippen LogP contribution in [0.4, 0.5) is 5.69 Å². The fourth-order valence-corrected chi connectivity index (χ4v) is 2.45. The molecule has 1 aliphatic heterocycles. The lowest BCUT2D eigenvalue weighted by Gasteiger charge is -2.49. The molecule has 0 unspecified atom stereocenters. The summed E-state index contributed by atoms with van der Waals surface area (Å²) in [5.41, 5.74) is -4.48. The molecule has 6 N–H and O–H groups in total. The molecule has 0 aliphatic carbocycles. The van der Waals surface area contributed by atoms with Gasteiger partial charge in [0, 0.05) is 6.07 Å². The second kappa shape index (κ2) is 5.52. The van der Waals surface area contributed by atoms with Gasteiger partial charge in [0.25, 0.3) is 5.69 Å². The van der Waals surface area contributed by atoms with Crippen LogP contribution in [0.2, 0.25) is 0 Å². The average molecular weight is 317 g/mol. The minimum absolute atomic E-state index is 0.659. The lowest BCUT2D eigenvalue weighted by molar-refractivity contribution is -0.477. The van der Waals surface area contributed by atoms with Gasteiger partial charge in [-0.05, 0) is 6.07 Å². The number of aliphatic hydroxyl groups is 6. The zero-order chi connectivity index (χ0) is 16.7. The van der Waals surface area contributed by atoms with E-state index < -0.39 is 52.7 Å². The van der Waals surface area contributed by atoms with E-state index in [0.717, 1.165) is 12.1 Å². The first-order valence-electron chi connectivity index (χ1n) is 6.22. The number of ether oxygens (including phenoxy) is 1. The topological polar surface area (TPSA) is 174 Å². The summed E-state index contributed by atoms with van der Waals surface area (Å²) >= 11 is 0. The lowest BCUT2D eigenvalue weighted by Crippen LogP contribution is -2.71. The van der Waals surface area contributed by atoms with Crippen molar-refractivity contribution in [3.8, 4) is 0 Å². The van der Waals surface area contributed by atoms with Gasteiger partial charge < -0.3 is 35.4 Å². The zero-order valence-electron chi connectivity index (χ0n) is 11.1. The first-order valence-corrected chi connectivity index (χ1v) is 6.22. The van der Waals surface area contributed by atoms with Crippen molar-refractivity contribution in [2.45, 2.75) is 29.9 Å². The van der Waals surface area contributed by atoms with Gasteiger partial charge in [0.2, 0.25) is 5.60 Å². The molecule has 0 aromatic heterocycles. The van der Waals surface area contributed by atoms with Crippen LogP contribution < -0.4 is 0 Å². The molecule has 4 atom stereocenters. The van der Waals surface area contributed by atoms with Crippen molar-refractivity contribution in [3.63, 3.8) is 0 Å². The molecular weight excluding hydrogens is 302 g/mol. The third-order valence-electron chi connectivity index (χ3n) is 3.64. The molecule has 10 heteroatoms. The van der Waals surface area contributed by atoms with E-state index in [1.807, 2.05) is 0 Å². The number of nitrogens with zero attached hydrogens (tertiary/aromatic N) is 1.